The van der Waals surface area contributed by atoms with Crippen molar-refractivity contribution in [3.05, 3.63) is 34.5 Å². The summed E-state index contributed by atoms with van der Waals surface area (Å²) in [6.07, 6.45) is 12.2. The van der Waals surface area contributed by atoms with Gasteiger partial charge in [-0.3, -0.25) is 0 Å². The van der Waals surface area contributed by atoms with Gasteiger partial charge in [0.05, 0.1) is 0 Å². The lowest BCUT2D eigenvalue weighted by atomic mass is 10.1. The molecule has 2 atom stereocenters. The van der Waals surface area contributed by atoms with Gasteiger partial charge in [0.15, 0.2) is 0 Å². The molecule has 2 unspecified atom stereocenters. The fraction of sp³-hybridized carbons (Fsp3) is 0.375. The van der Waals surface area contributed by atoms with Gasteiger partial charge in [-0.2, -0.15) is 0 Å². The normalized spacial score (nSPS) is 23.7. The summed E-state index contributed by atoms with van der Waals surface area (Å²) >= 11 is 0. The first-order valence-corrected chi connectivity index (χ1v) is 6.54. The van der Waals surface area contributed by atoms with Crippen molar-refractivity contribution in [2.24, 2.45) is 11.8 Å². The number of hydrogen-bond acceptors (Lipinski definition) is 0. The van der Waals surface area contributed by atoms with Crippen LogP contribution in [-0.2, 0) is 0 Å². The van der Waals surface area contributed by atoms with Crippen molar-refractivity contribution in [2.45, 2.75) is 27.2 Å². The van der Waals surface area contributed by atoms with Crippen molar-refractivity contribution in [3.63, 3.8) is 0 Å². The number of aromatic amines is 1. The standard InChI is InChI=1S/C14H15N.C2H6.H2/c1-3-5-13-11(4-2)12-7-9-6-10(9)8-14(12)15-13;1-2;/h3-5,7-10,15H,2,6H2,1H3;1-2H3;1H/b5-3-;;. The van der Waals surface area contributed by atoms with Crippen LogP contribution < -0.4 is 10.6 Å². The summed E-state index contributed by atoms with van der Waals surface area (Å²) in [7, 11) is 0. The van der Waals surface area contributed by atoms with E-state index >= 15 is 0 Å². The molecule has 0 radical (unpaired) electrons. The highest BCUT2D eigenvalue weighted by molar-refractivity contribution is 5.66. The molecule has 0 bridgehead atoms. The Labute approximate surface area is 105 Å². The zero-order chi connectivity index (χ0) is 12.4. The summed E-state index contributed by atoms with van der Waals surface area (Å²) in [5, 5.41) is 2.65. The topological polar surface area (TPSA) is 15.8 Å². The molecular formula is C16H23N. The van der Waals surface area contributed by atoms with Gasteiger partial charge in [0.2, 0.25) is 0 Å². The molecule has 1 nitrogen and oxygen atoms in total. The van der Waals surface area contributed by atoms with Crippen molar-refractivity contribution >= 4 is 24.3 Å². The summed E-state index contributed by atoms with van der Waals surface area (Å²) in [6, 6.07) is 0. The lowest BCUT2D eigenvalue weighted by molar-refractivity contribution is 1.05. The summed E-state index contributed by atoms with van der Waals surface area (Å²) in [6.45, 7) is 9.94. The Balaban J connectivity index is 0.000000516. The summed E-state index contributed by atoms with van der Waals surface area (Å²) in [5.74, 6) is 1.60. The van der Waals surface area contributed by atoms with Crippen LogP contribution in [0.5, 0.6) is 0 Å². The van der Waals surface area contributed by atoms with Crippen LogP contribution in [0.2, 0.25) is 0 Å². The predicted octanol–water partition coefficient (Wildman–Crippen LogP) is 3.17. The lowest BCUT2D eigenvalue weighted by Gasteiger charge is -1.93. The van der Waals surface area contributed by atoms with E-state index in [-0.39, 0.29) is 1.43 Å². The minimum absolute atomic E-state index is 0. The van der Waals surface area contributed by atoms with E-state index in [2.05, 4.69) is 35.9 Å². The minimum atomic E-state index is 0. The molecule has 17 heavy (non-hydrogen) atoms. The maximum Gasteiger partial charge on any atom is 0.0461 e. The molecule has 3 rings (SSSR count). The smallest absolute Gasteiger partial charge is 0.0461 e. The van der Waals surface area contributed by atoms with Crippen LogP contribution in [0.25, 0.3) is 24.3 Å². The van der Waals surface area contributed by atoms with Crippen molar-refractivity contribution < 1.29 is 1.43 Å². The van der Waals surface area contributed by atoms with Gasteiger partial charge in [0.1, 0.15) is 0 Å². The minimum Gasteiger partial charge on any atom is -0.355 e. The highest BCUT2D eigenvalue weighted by Gasteiger charge is 2.35. The number of nitrogens with one attached hydrogen (secondary N) is 1. The second-order valence-electron chi connectivity index (χ2n) is 4.38. The molecule has 1 aromatic heterocycles. The quantitative estimate of drug-likeness (QED) is 0.801. The highest BCUT2D eigenvalue weighted by atomic mass is 14.7. The third-order valence-corrected chi connectivity index (χ3v) is 3.33. The van der Waals surface area contributed by atoms with Crippen LogP contribution in [0.3, 0.4) is 0 Å². The first-order chi connectivity index (χ1) is 8.33. The molecule has 1 aromatic rings. The van der Waals surface area contributed by atoms with Crippen molar-refractivity contribution in [3.8, 4) is 0 Å². The molecule has 1 N–H and O–H groups in total. The van der Waals surface area contributed by atoms with E-state index in [0.29, 0.717) is 0 Å². The predicted molar refractivity (Wildman–Crippen MR) is 78.8 cm³/mol. The van der Waals surface area contributed by atoms with E-state index in [9.17, 15) is 0 Å². The molecule has 0 saturated heterocycles. The molecule has 1 fully saturated rings. The Morgan fingerprint density at radius 1 is 1.35 bits per heavy atom. The maximum atomic E-state index is 3.91. The summed E-state index contributed by atoms with van der Waals surface area (Å²) in [4.78, 5) is 3.47. The second kappa shape index (κ2) is 4.79. The van der Waals surface area contributed by atoms with Gasteiger partial charge in [-0.15, -0.1) is 0 Å². The Kier molecular flexibility index (Phi) is 3.37. The molecule has 2 aliphatic carbocycles. The number of aromatic nitrogens is 1. The Hall–Kier alpha value is -1.50. The number of H-pyrrole nitrogens is 1. The number of allylic oxidation sites excluding steroid dienone is 1. The first kappa shape index (κ1) is 12.0. The van der Waals surface area contributed by atoms with Gasteiger partial charge in [-0.25, -0.2) is 0 Å². The highest BCUT2D eigenvalue weighted by Crippen LogP contribution is 2.42. The van der Waals surface area contributed by atoms with Gasteiger partial charge < -0.3 is 4.98 Å². The molecular weight excluding hydrogens is 206 g/mol. The van der Waals surface area contributed by atoms with Crippen molar-refractivity contribution in [1.29, 1.82) is 0 Å². The Morgan fingerprint density at radius 2 is 2.06 bits per heavy atom. The third-order valence-electron chi connectivity index (χ3n) is 3.33. The van der Waals surface area contributed by atoms with Crippen LogP contribution in [0, 0.1) is 11.8 Å². The summed E-state index contributed by atoms with van der Waals surface area (Å²) < 4.78 is 0. The third kappa shape index (κ3) is 2.02. The number of rotatable bonds is 2. The number of fused-ring (bicyclic) bond motifs is 2. The van der Waals surface area contributed by atoms with Gasteiger partial charge in [0.25, 0.3) is 0 Å². The molecule has 92 valence electrons. The zero-order valence-electron chi connectivity index (χ0n) is 11.0. The molecule has 2 aliphatic rings. The van der Waals surface area contributed by atoms with E-state index in [1.165, 1.54) is 28.2 Å². The maximum absolute atomic E-state index is 3.91. The average molecular weight is 229 g/mol. The second-order valence-corrected chi connectivity index (χ2v) is 4.38. The fourth-order valence-corrected chi connectivity index (χ4v) is 2.45. The summed E-state index contributed by atoms with van der Waals surface area (Å²) in [5.41, 5.74) is 2.44. The SMILES string of the molecule is C=Cc1c(/C=C\C)[nH]c2c1=CC1CC1C=2.CC.[HH]. The van der Waals surface area contributed by atoms with E-state index in [4.69, 9.17) is 0 Å². The molecule has 1 heteroatoms. The largest absolute Gasteiger partial charge is 0.355 e. The van der Waals surface area contributed by atoms with Crippen LogP contribution in [-0.4, -0.2) is 4.98 Å². The monoisotopic (exact) mass is 229 g/mol. The van der Waals surface area contributed by atoms with E-state index in [0.717, 1.165) is 11.8 Å². The van der Waals surface area contributed by atoms with Gasteiger partial charge in [-0.05, 0) is 31.3 Å². The lowest BCUT2D eigenvalue weighted by Crippen LogP contribution is -2.26. The molecule has 1 saturated carbocycles. The van der Waals surface area contributed by atoms with E-state index in [1.807, 2.05) is 26.8 Å². The van der Waals surface area contributed by atoms with Crippen LogP contribution in [0.4, 0.5) is 0 Å². The van der Waals surface area contributed by atoms with Gasteiger partial charge >= 0.3 is 0 Å². The Morgan fingerprint density at radius 3 is 2.71 bits per heavy atom. The van der Waals surface area contributed by atoms with Gasteiger partial charge in [-0.1, -0.05) is 44.7 Å². The molecule has 1 heterocycles. The van der Waals surface area contributed by atoms with Crippen LogP contribution >= 0.6 is 0 Å². The van der Waals surface area contributed by atoms with Gasteiger partial charge in [0, 0.05) is 23.3 Å². The van der Waals surface area contributed by atoms with Crippen LogP contribution in [0.1, 0.15) is 39.9 Å². The molecule has 0 aliphatic heterocycles. The zero-order valence-corrected chi connectivity index (χ0v) is 11.0. The Bertz CT molecular complexity index is 563. The fourth-order valence-electron chi connectivity index (χ4n) is 2.45. The first-order valence-electron chi connectivity index (χ1n) is 6.54. The average Bonchev–Trinajstić information content (AvgIpc) is 3.03. The van der Waals surface area contributed by atoms with E-state index in [1.54, 1.807) is 0 Å². The van der Waals surface area contributed by atoms with Crippen LogP contribution in [0.15, 0.2) is 12.7 Å². The number of hydrogen-bond donors (Lipinski definition) is 1. The molecule has 0 aromatic carbocycles. The molecule has 0 amide bonds. The van der Waals surface area contributed by atoms with Crippen molar-refractivity contribution in [1.82, 2.24) is 4.98 Å². The molecule has 0 spiro atoms. The van der Waals surface area contributed by atoms with Crippen molar-refractivity contribution in [2.75, 3.05) is 0 Å². The van der Waals surface area contributed by atoms with E-state index < -0.39 is 0 Å².